The lowest BCUT2D eigenvalue weighted by Gasteiger charge is -2.09. The maximum Gasteiger partial charge on any atom is 0.356 e. The standard InChI is InChI=1S/C20H21N3O3.BrH/c1-4-11-22-15-7-5-6-8-16(15)23(20(22)21)13-17(24)14-9-10-18(25-2)19(12-14)26-3;/h4-10,12,21H,1,11,13H2,2-3H3;1H. The number of nitrogen functional groups attached to an aromatic ring is 1. The van der Waals surface area contributed by atoms with Gasteiger partial charge in [0.1, 0.15) is 17.6 Å². The zero-order valence-corrected chi connectivity index (χ0v) is 16.9. The van der Waals surface area contributed by atoms with Crippen molar-refractivity contribution in [3.05, 3.63) is 60.7 Å². The Morgan fingerprint density at radius 3 is 2.56 bits per heavy atom. The maximum atomic E-state index is 12.8. The summed E-state index contributed by atoms with van der Waals surface area (Å²) >= 11 is 0. The van der Waals surface area contributed by atoms with Crippen LogP contribution >= 0.6 is 0 Å². The van der Waals surface area contributed by atoms with E-state index in [-0.39, 0.29) is 29.3 Å². The third-order valence-corrected chi connectivity index (χ3v) is 4.34. The van der Waals surface area contributed by atoms with Crippen LogP contribution in [0.15, 0.2) is 55.1 Å². The maximum absolute atomic E-state index is 12.8. The quantitative estimate of drug-likeness (QED) is 0.314. The molecule has 142 valence electrons. The number of para-hydroxylation sites is 2. The van der Waals surface area contributed by atoms with Gasteiger partial charge in [-0.05, 0) is 30.3 Å². The number of fused-ring (bicyclic) bond motifs is 1. The molecule has 0 bridgehead atoms. The molecular formula is C20H22BrN3O3. The van der Waals surface area contributed by atoms with Gasteiger partial charge in [-0.3, -0.25) is 10.5 Å². The van der Waals surface area contributed by atoms with Crippen molar-refractivity contribution in [2.75, 3.05) is 20.0 Å². The third-order valence-electron chi connectivity index (χ3n) is 4.34. The Balaban J connectivity index is 0.00000261. The predicted molar refractivity (Wildman–Crippen MR) is 101 cm³/mol. The number of hydrogen-bond donors (Lipinski definition) is 1. The van der Waals surface area contributed by atoms with Crippen LogP contribution in [0.1, 0.15) is 10.4 Å². The summed E-state index contributed by atoms with van der Waals surface area (Å²) in [7, 11) is 3.10. The zero-order chi connectivity index (χ0) is 18.7. The average Bonchev–Trinajstić information content (AvgIpc) is 2.93. The smallest absolute Gasteiger partial charge is 0.356 e. The number of ketones is 1. The highest BCUT2D eigenvalue weighted by Gasteiger charge is 2.23. The lowest BCUT2D eigenvalue weighted by Crippen LogP contribution is -3.00. The van der Waals surface area contributed by atoms with Crippen LogP contribution in [0, 0.1) is 0 Å². The highest BCUT2D eigenvalue weighted by atomic mass is 79.9. The molecule has 0 fully saturated rings. The highest BCUT2D eigenvalue weighted by Crippen LogP contribution is 2.27. The minimum Gasteiger partial charge on any atom is -1.00 e. The topological polar surface area (TPSA) is 70.4 Å². The first-order valence-electron chi connectivity index (χ1n) is 8.23. The first-order chi connectivity index (χ1) is 12.6. The highest BCUT2D eigenvalue weighted by molar-refractivity contribution is 5.96. The van der Waals surface area contributed by atoms with Crippen molar-refractivity contribution in [3.63, 3.8) is 0 Å². The van der Waals surface area contributed by atoms with Crippen molar-refractivity contribution in [1.29, 1.82) is 0 Å². The van der Waals surface area contributed by atoms with Crippen molar-refractivity contribution in [2.45, 2.75) is 13.1 Å². The third kappa shape index (κ3) is 3.83. The molecule has 0 radical (unpaired) electrons. The Morgan fingerprint density at radius 1 is 1.19 bits per heavy atom. The van der Waals surface area contributed by atoms with Gasteiger partial charge in [-0.15, -0.1) is 0 Å². The van der Waals surface area contributed by atoms with Crippen LogP contribution in [-0.2, 0) is 13.1 Å². The minimum atomic E-state index is -0.0656. The van der Waals surface area contributed by atoms with Crippen molar-refractivity contribution >= 4 is 22.8 Å². The molecule has 1 aromatic heterocycles. The van der Waals surface area contributed by atoms with Gasteiger partial charge in [0.25, 0.3) is 0 Å². The molecule has 0 atom stereocenters. The largest absolute Gasteiger partial charge is 1.00 e. The number of nitrogens with zero attached hydrogens (tertiary/aromatic N) is 2. The molecule has 3 rings (SSSR count). The molecule has 0 aliphatic carbocycles. The number of rotatable bonds is 7. The van der Waals surface area contributed by atoms with E-state index >= 15 is 0 Å². The van der Waals surface area contributed by atoms with Crippen LogP contribution in [0.25, 0.3) is 11.0 Å². The van der Waals surface area contributed by atoms with E-state index in [0.29, 0.717) is 29.6 Å². The number of nitrogens with two attached hydrogens (primary N) is 1. The van der Waals surface area contributed by atoms with Gasteiger partial charge < -0.3 is 26.5 Å². The monoisotopic (exact) mass is 431 g/mol. The van der Waals surface area contributed by atoms with Gasteiger partial charge in [0, 0.05) is 5.56 Å². The van der Waals surface area contributed by atoms with Crippen LogP contribution in [-0.4, -0.2) is 24.6 Å². The number of benzene rings is 2. The molecule has 0 amide bonds. The number of hydrogen-bond acceptors (Lipinski definition) is 4. The second kappa shape index (κ2) is 8.73. The Kier molecular flexibility index (Phi) is 6.63. The Hall–Kier alpha value is -2.80. The average molecular weight is 432 g/mol. The minimum absolute atomic E-state index is 0. The van der Waals surface area contributed by atoms with Gasteiger partial charge in [-0.2, -0.15) is 0 Å². The van der Waals surface area contributed by atoms with Gasteiger partial charge in [-0.1, -0.05) is 24.8 Å². The number of anilines is 1. The van der Waals surface area contributed by atoms with Crippen molar-refractivity contribution in [3.8, 4) is 11.5 Å². The number of carbonyl (C=O) groups is 1. The number of Topliss-reactive ketones (excluding diaryl/α,β-unsaturated/α-hetero) is 1. The van der Waals surface area contributed by atoms with E-state index < -0.39 is 0 Å². The molecule has 7 heteroatoms. The molecule has 0 spiro atoms. The van der Waals surface area contributed by atoms with E-state index in [1.807, 2.05) is 33.4 Å². The number of allylic oxidation sites excluding steroid dienone is 1. The fraction of sp³-hybridized carbons (Fsp3) is 0.200. The molecule has 2 N–H and O–H groups in total. The first-order valence-corrected chi connectivity index (χ1v) is 8.23. The Morgan fingerprint density at radius 2 is 1.89 bits per heavy atom. The van der Waals surface area contributed by atoms with Crippen molar-refractivity contribution < 1.29 is 35.8 Å². The molecule has 3 aromatic rings. The molecule has 0 aliphatic heterocycles. The molecule has 0 unspecified atom stereocenters. The van der Waals surface area contributed by atoms with Gasteiger partial charge in [0.2, 0.25) is 0 Å². The Labute approximate surface area is 168 Å². The molecule has 6 nitrogen and oxygen atoms in total. The fourth-order valence-electron chi connectivity index (χ4n) is 3.04. The van der Waals surface area contributed by atoms with Crippen LogP contribution in [0.5, 0.6) is 11.5 Å². The summed E-state index contributed by atoms with van der Waals surface area (Å²) in [5.41, 5.74) is 8.72. The van der Waals surface area contributed by atoms with Crippen LogP contribution < -0.4 is 36.8 Å². The lowest BCUT2D eigenvalue weighted by molar-refractivity contribution is -0.642. The van der Waals surface area contributed by atoms with Crippen LogP contribution in [0.4, 0.5) is 5.95 Å². The van der Waals surface area contributed by atoms with E-state index in [4.69, 9.17) is 15.2 Å². The molecule has 0 saturated heterocycles. The number of methoxy groups -OCH3 is 2. The predicted octanol–water partition coefficient (Wildman–Crippen LogP) is -0.399. The van der Waals surface area contributed by atoms with E-state index in [2.05, 4.69) is 6.58 Å². The summed E-state index contributed by atoms with van der Waals surface area (Å²) < 4.78 is 14.3. The second-order valence-electron chi connectivity index (χ2n) is 5.83. The van der Waals surface area contributed by atoms with Gasteiger partial charge >= 0.3 is 5.95 Å². The number of ether oxygens (including phenoxy) is 2. The molecule has 2 aromatic carbocycles. The summed E-state index contributed by atoms with van der Waals surface area (Å²) in [6.45, 7) is 4.48. The number of aromatic nitrogens is 2. The second-order valence-corrected chi connectivity index (χ2v) is 5.83. The Bertz CT molecular complexity index is 982. The van der Waals surface area contributed by atoms with E-state index in [1.54, 1.807) is 38.5 Å². The normalized spacial score (nSPS) is 10.3. The molecule has 1 heterocycles. The molecule has 0 aliphatic rings. The molecular weight excluding hydrogens is 410 g/mol. The first kappa shape index (κ1) is 20.5. The van der Waals surface area contributed by atoms with Crippen LogP contribution in [0.3, 0.4) is 0 Å². The molecule has 27 heavy (non-hydrogen) atoms. The van der Waals surface area contributed by atoms with Gasteiger partial charge in [0.15, 0.2) is 17.3 Å². The summed E-state index contributed by atoms with van der Waals surface area (Å²) in [5, 5.41) is 0. The fourth-order valence-corrected chi connectivity index (χ4v) is 3.04. The number of imidazole rings is 1. The van der Waals surface area contributed by atoms with Crippen molar-refractivity contribution in [2.24, 2.45) is 0 Å². The molecule has 0 saturated carbocycles. The van der Waals surface area contributed by atoms with Gasteiger partial charge in [-0.25, -0.2) is 9.13 Å². The van der Waals surface area contributed by atoms with E-state index in [1.165, 1.54) is 0 Å². The van der Waals surface area contributed by atoms with Crippen molar-refractivity contribution in [1.82, 2.24) is 4.57 Å². The summed E-state index contributed by atoms with van der Waals surface area (Å²) in [4.78, 5) is 12.8. The lowest BCUT2D eigenvalue weighted by atomic mass is 10.1. The SMILES string of the molecule is C=CCn1c(N)[n+](CC(=O)c2ccc(OC)c(OC)c2)c2ccccc21.[Br-]. The number of halogens is 1. The summed E-state index contributed by atoms with van der Waals surface area (Å²) in [6, 6.07) is 12.9. The van der Waals surface area contributed by atoms with E-state index in [0.717, 1.165) is 11.0 Å². The van der Waals surface area contributed by atoms with E-state index in [9.17, 15) is 4.79 Å². The summed E-state index contributed by atoms with van der Waals surface area (Å²) in [6.07, 6.45) is 1.78. The number of carbonyl (C=O) groups excluding carboxylic acids is 1. The van der Waals surface area contributed by atoms with Crippen LogP contribution in [0.2, 0.25) is 0 Å². The summed E-state index contributed by atoms with van der Waals surface area (Å²) in [5.74, 6) is 1.55. The van der Waals surface area contributed by atoms with Gasteiger partial charge in [0.05, 0.1) is 20.8 Å². The zero-order valence-electron chi connectivity index (χ0n) is 15.3.